The fraction of sp³-hybridized carbons (Fsp3) is 0.500. The SMILES string of the molecule is CCN(C)c1ccc(CNC)c(C)c1. The first-order valence-corrected chi connectivity index (χ1v) is 5.14. The lowest BCUT2D eigenvalue weighted by Crippen LogP contribution is -2.16. The zero-order valence-electron chi connectivity index (χ0n) is 9.59. The molecule has 1 aromatic rings. The first-order chi connectivity index (χ1) is 6.69. The van der Waals surface area contributed by atoms with Gasteiger partial charge in [-0.25, -0.2) is 0 Å². The van der Waals surface area contributed by atoms with Gasteiger partial charge >= 0.3 is 0 Å². The quantitative estimate of drug-likeness (QED) is 0.786. The van der Waals surface area contributed by atoms with E-state index in [1.54, 1.807) is 0 Å². The van der Waals surface area contributed by atoms with Crippen LogP contribution in [0.25, 0.3) is 0 Å². The van der Waals surface area contributed by atoms with Crippen LogP contribution in [-0.2, 0) is 6.54 Å². The molecule has 0 unspecified atom stereocenters. The topological polar surface area (TPSA) is 15.3 Å². The lowest BCUT2D eigenvalue weighted by molar-refractivity contribution is 0.811. The van der Waals surface area contributed by atoms with Crippen molar-refractivity contribution in [1.82, 2.24) is 5.32 Å². The highest BCUT2D eigenvalue weighted by Crippen LogP contribution is 2.17. The standard InChI is InChI=1S/C12H20N2/c1-5-14(4)12-7-6-11(9-13-3)10(2)8-12/h6-8,13H,5,9H2,1-4H3. The summed E-state index contributed by atoms with van der Waals surface area (Å²) in [6.07, 6.45) is 0. The second-order valence-electron chi connectivity index (χ2n) is 3.66. The molecule has 1 rings (SSSR count). The Kier molecular flexibility index (Phi) is 3.96. The molecule has 0 amide bonds. The van der Waals surface area contributed by atoms with Crippen molar-refractivity contribution >= 4 is 5.69 Å². The summed E-state index contributed by atoms with van der Waals surface area (Å²) in [6, 6.07) is 6.63. The Morgan fingerprint density at radius 3 is 2.57 bits per heavy atom. The summed E-state index contributed by atoms with van der Waals surface area (Å²) in [5.74, 6) is 0. The summed E-state index contributed by atoms with van der Waals surface area (Å²) in [7, 11) is 4.10. The van der Waals surface area contributed by atoms with Gasteiger partial charge in [-0.1, -0.05) is 6.07 Å². The summed E-state index contributed by atoms with van der Waals surface area (Å²) in [5.41, 5.74) is 4.03. The molecular weight excluding hydrogens is 172 g/mol. The molecule has 2 nitrogen and oxygen atoms in total. The van der Waals surface area contributed by atoms with Crippen LogP contribution in [0, 0.1) is 6.92 Å². The van der Waals surface area contributed by atoms with Gasteiger partial charge in [-0.05, 0) is 44.2 Å². The van der Waals surface area contributed by atoms with Crippen LogP contribution in [-0.4, -0.2) is 20.6 Å². The van der Waals surface area contributed by atoms with E-state index in [9.17, 15) is 0 Å². The van der Waals surface area contributed by atoms with Crippen molar-refractivity contribution in [3.63, 3.8) is 0 Å². The van der Waals surface area contributed by atoms with Gasteiger partial charge in [-0.3, -0.25) is 0 Å². The molecular formula is C12H20N2. The van der Waals surface area contributed by atoms with Gasteiger partial charge in [0.05, 0.1) is 0 Å². The molecule has 0 spiro atoms. The minimum atomic E-state index is 0.946. The van der Waals surface area contributed by atoms with Crippen LogP contribution in [0.15, 0.2) is 18.2 Å². The number of nitrogens with zero attached hydrogens (tertiary/aromatic N) is 1. The third kappa shape index (κ3) is 2.48. The van der Waals surface area contributed by atoms with E-state index in [4.69, 9.17) is 0 Å². The second-order valence-corrected chi connectivity index (χ2v) is 3.66. The van der Waals surface area contributed by atoms with Crippen LogP contribution < -0.4 is 10.2 Å². The van der Waals surface area contributed by atoms with E-state index in [0.717, 1.165) is 13.1 Å². The van der Waals surface area contributed by atoms with Crippen molar-refractivity contribution < 1.29 is 0 Å². The van der Waals surface area contributed by atoms with Crippen molar-refractivity contribution in [3.05, 3.63) is 29.3 Å². The third-order valence-electron chi connectivity index (χ3n) is 2.61. The molecule has 0 fully saturated rings. The Hall–Kier alpha value is -1.02. The molecule has 0 aromatic heterocycles. The molecule has 0 saturated carbocycles. The molecule has 14 heavy (non-hydrogen) atoms. The number of benzene rings is 1. The molecule has 0 atom stereocenters. The van der Waals surface area contributed by atoms with Crippen molar-refractivity contribution in [1.29, 1.82) is 0 Å². The largest absolute Gasteiger partial charge is 0.375 e. The van der Waals surface area contributed by atoms with Crippen molar-refractivity contribution in [2.24, 2.45) is 0 Å². The van der Waals surface area contributed by atoms with Gasteiger partial charge in [-0.15, -0.1) is 0 Å². The molecule has 1 aromatic carbocycles. The Labute approximate surface area is 86.9 Å². The normalized spacial score (nSPS) is 10.3. The highest BCUT2D eigenvalue weighted by Gasteiger charge is 2.01. The number of rotatable bonds is 4. The summed E-state index contributed by atoms with van der Waals surface area (Å²) >= 11 is 0. The van der Waals surface area contributed by atoms with Crippen LogP contribution >= 0.6 is 0 Å². The number of anilines is 1. The highest BCUT2D eigenvalue weighted by atomic mass is 15.1. The van der Waals surface area contributed by atoms with Gasteiger partial charge in [0.1, 0.15) is 0 Å². The van der Waals surface area contributed by atoms with E-state index >= 15 is 0 Å². The van der Waals surface area contributed by atoms with E-state index in [1.807, 2.05) is 7.05 Å². The summed E-state index contributed by atoms with van der Waals surface area (Å²) in [6.45, 7) is 6.32. The van der Waals surface area contributed by atoms with Crippen LogP contribution in [0.4, 0.5) is 5.69 Å². The Bertz CT molecular complexity index is 294. The van der Waals surface area contributed by atoms with E-state index in [1.165, 1.54) is 16.8 Å². The maximum atomic E-state index is 3.17. The predicted octanol–water partition coefficient (Wildman–Crippen LogP) is 2.17. The molecule has 0 aliphatic carbocycles. The minimum Gasteiger partial charge on any atom is -0.375 e. The van der Waals surface area contributed by atoms with E-state index in [0.29, 0.717) is 0 Å². The smallest absolute Gasteiger partial charge is 0.0366 e. The first kappa shape index (κ1) is 11.1. The van der Waals surface area contributed by atoms with Crippen LogP contribution in [0.5, 0.6) is 0 Å². The molecule has 0 bridgehead atoms. The molecule has 2 heteroatoms. The maximum absolute atomic E-state index is 3.17. The summed E-state index contributed by atoms with van der Waals surface area (Å²) in [5, 5.41) is 3.17. The number of aryl methyl sites for hydroxylation is 1. The second kappa shape index (κ2) is 5.01. The van der Waals surface area contributed by atoms with E-state index in [-0.39, 0.29) is 0 Å². The van der Waals surface area contributed by atoms with Gasteiger partial charge in [0.2, 0.25) is 0 Å². The van der Waals surface area contributed by atoms with Gasteiger partial charge in [-0.2, -0.15) is 0 Å². The zero-order valence-corrected chi connectivity index (χ0v) is 9.59. The Morgan fingerprint density at radius 1 is 1.36 bits per heavy atom. The Balaban J connectivity index is 2.88. The van der Waals surface area contributed by atoms with E-state index < -0.39 is 0 Å². The van der Waals surface area contributed by atoms with Gasteiger partial charge in [0.25, 0.3) is 0 Å². The highest BCUT2D eigenvalue weighted by molar-refractivity contribution is 5.50. The van der Waals surface area contributed by atoms with Crippen LogP contribution in [0.1, 0.15) is 18.1 Å². The van der Waals surface area contributed by atoms with Crippen LogP contribution in [0.2, 0.25) is 0 Å². The number of hydrogen-bond donors (Lipinski definition) is 1. The lowest BCUT2D eigenvalue weighted by atomic mass is 10.1. The Morgan fingerprint density at radius 2 is 2.07 bits per heavy atom. The number of nitrogens with one attached hydrogen (secondary N) is 1. The van der Waals surface area contributed by atoms with Gasteiger partial charge in [0, 0.05) is 25.8 Å². The first-order valence-electron chi connectivity index (χ1n) is 5.14. The number of hydrogen-bond acceptors (Lipinski definition) is 2. The monoisotopic (exact) mass is 192 g/mol. The molecule has 0 aliphatic rings. The van der Waals surface area contributed by atoms with Crippen LogP contribution in [0.3, 0.4) is 0 Å². The van der Waals surface area contributed by atoms with Crippen molar-refractivity contribution in [2.75, 3.05) is 25.5 Å². The fourth-order valence-electron chi connectivity index (χ4n) is 1.49. The van der Waals surface area contributed by atoms with Gasteiger partial charge < -0.3 is 10.2 Å². The maximum Gasteiger partial charge on any atom is 0.0366 e. The van der Waals surface area contributed by atoms with Gasteiger partial charge in [0.15, 0.2) is 0 Å². The molecule has 0 aliphatic heterocycles. The lowest BCUT2D eigenvalue weighted by Gasteiger charge is -2.18. The van der Waals surface area contributed by atoms with E-state index in [2.05, 4.69) is 49.3 Å². The fourth-order valence-corrected chi connectivity index (χ4v) is 1.49. The molecule has 78 valence electrons. The third-order valence-corrected chi connectivity index (χ3v) is 2.61. The average molecular weight is 192 g/mol. The van der Waals surface area contributed by atoms with Crippen molar-refractivity contribution in [3.8, 4) is 0 Å². The predicted molar refractivity (Wildman–Crippen MR) is 62.9 cm³/mol. The summed E-state index contributed by atoms with van der Waals surface area (Å²) < 4.78 is 0. The molecule has 0 radical (unpaired) electrons. The molecule has 0 heterocycles. The molecule has 0 saturated heterocycles. The average Bonchev–Trinajstić information content (AvgIpc) is 2.20. The minimum absolute atomic E-state index is 0.946. The molecule has 1 N–H and O–H groups in total. The van der Waals surface area contributed by atoms with Crippen molar-refractivity contribution in [2.45, 2.75) is 20.4 Å². The zero-order chi connectivity index (χ0) is 10.6. The summed E-state index contributed by atoms with van der Waals surface area (Å²) in [4.78, 5) is 2.25.